The number of carbonyl (C=O) groups is 2. The summed E-state index contributed by atoms with van der Waals surface area (Å²) in [6, 6.07) is 6.28. The minimum absolute atomic E-state index is 0.00299. The number of H-pyrrole nitrogens is 1. The van der Waals surface area contributed by atoms with E-state index in [1.54, 1.807) is 12.1 Å². The quantitative estimate of drug-likeness (QED) is 0.685. The highest BCUT2D eigenvalue weighted by Gasteiger charge is 2.15. The number of pyridine rings is 1. The highest BCUT2D eigenvalue weighted by Crippen LogP contribution is 2.20. The van der Waals surface area contributed by atoms with E-state index in [0.717, 1.165) is 0 Å². The number of carbonyl (C=O) groups excluding carboxylic acids is 1. The number of carboxylic acids is 1. The van der Waals surface area contributed by atoms with Crippen molar-refractivity contribution < 1.29 is 14.7 Å². The predicted octanol–water partition coefficient (Wildman–Crippen LogP) is 1.54. The number of amides is 1. The van der Waals surface area contributed by atoms with Gasteiger partial charge in [-0.25, -0.2) is 4.79 Å². The van der Waals surface area contributed by atoms with E-state index in [0.29, 0.717) is 11.1 Å². The van der Waals surface area contributed by atoms with Gasteiger partial charge in [0.15, 0.2) is 0 Å². The van der Waals surface area contributed by atoms with Crippen LogP contribution in [0.15, 0.2) is 30.5 Å². The topological polar surface area (TPSA) is 120 Å². The molecule has 0 spiro atoms. The summed E-state index contributed by atoms with van der Waals surface area (Å²) in [6.45, 7) is 0. The number of nitrogens with one attached hydrogen (secondary N) is 2. The molecule has 1 aromatic carbocycles. The second kappa shape index (κ2) is 5.80. The fourth-order valence-corrected chi connectivity index (χ4v) is 2.24. The van der Waals surface area contributed by atoms with Gasteiger partial charge in [0.1, 0.15) is 5.49 Å². The average molecular weight is 306 g/mol. The molecular weight excluding hydrogens is 294 g/mol. The number of aromatic carboxylic acids is 1. The van der Waals surface area contributed by atoms with E-state index < -0.39 is 11.9 Å². The molecule has 0 unspecified atom stereocenters. The number of hydrogen-bond donors (Lipinski definition) is 4. The lowest BCUT2D eigenvalue weighted by atomic mass is 9.99. The van der Waals surface area contributed by atoms with Crippen molar-refractivity contribution in [3.63, 3.8) is 0 Å². The lowest BCUT2D eigenvalue weighted by molar-refractivity contribution is 0.0696. The number of benzene rings is 1. The second-order valence-corrected chi connectivity index (χ2v) is 4.82. The maximum Gasteiger partial charge on any atom is 0.335 e. The lowest BCUT2D eigenvalue weighted by Gasteiger charge is -2.10. The molecule has 2 aromatic rings. The molecule has 108 valence electrons. The largest absolute Gasteiger partial charge is 0.478 e. The summed E-state index contributed by atoms with van der Waals surface area (Å²) in [6.07, 6.45) is 1.60. The summed E-state index contributed by atoms with van der Waals surface area (Å²) < 4.78 is 0. The van der Waals surface area contributed by atoms with Crippen molar-refractivity contribution in [3.05, 3.63) is 63.2 Å². The van der Waals surface area contributed by atoms with E-state index in [9.17, 15) is 9.59 Å². The Hall–Kier alpha value is -2.60. The van der Waals surface area contributed by atoms with Crippen LogP contribution in [0.5, 0.6) is 0 Å². The highest BCUT2D eigenvalue weighted by molar-refractivity contribution is 6.31. The van der Waals surface area contributed by atoms with Crippen LogP contribution in [0.2, 0.25) is 5.02 Å². The third-order valence-corrected chi connectivity index (χ3v) is 3.32. The molecule has 0 atom stereocenters. The van der Waals surface area contributed by atoms with Gasteiger partial charge in [-0.3, -0.25) is 10.2 Å². The standard InChI is InChI=1S/C14H12ClN3O3/c15-10-6-18-12(16)11(13(17)19)9(10)5-7-2-1-3-8(4-7)14(20)21/h1-4,6H,5H2,(H2,16,18)(H2,17,19)(H,20,21). The minimum atomic E-state index is -1.04. The summed E-state index contributed by atoms with van der Waals surface area (Å²) in [4.78, 5) is 25.0. The Labute approximate surface area is 124 Å². The fraction of sp³-hybridized carbons (Fsp3) is 0.0714. The Bertz CT molecular complexity index is 783. The Balaban J connectivity index is 2.51. The first-order valence-corrected chi connectivity index (χ1v) is 6.34. The van der Waals surface area contributed by atoms with Gasteiger partial charge in [-0.2, -0.15) is 0 Å². The number of aromatic nitrogens is 1. The van der Waals surface area contributed by atoms with Gasteiger partial charge in [0, 0.05) is 6.20 Å². The highest BCUT2D eigenvalue weighted by atomic mass is 35.5. The van der Waals surface area contributed by atoms with Crippen molar-refractivity contribution in [2.75, 3.05) is 0 Å². The van der Waals surface area contributed by atoms with E-state index in [4.69, 9.17) is 27.9 Å². The first-order valence-electron chi connectivity index (χ1n) is 5.97. The summed E-state index contributed by atoms with van der Waals surface area (Å²) in [5.74, 6) is -1.80. The maximum atomic E-state index is 11.5. The molecule has 5 N–H and O–H groups in total. The third-order valence-electron chi connectivity index (χ3n) is 2.98. The zero-order chi connectivity index (χ0) is 15.6. The molecule has 21 heavy (non-hydrogen) atoms. The molecule has 1 amide bonds. The first kappa shape index (κ1) is 14.8. The molecule has 7 heteroatoms. The Morgan fingerprint density at radius 1 is 1.38 bits per heavy atom. The van der Waals surface area contributed by atoms with E-state index in [2.05, 4.69) is 4.98 Å². The number of nitrogens with two attached hydrogens (primary N) is 1. The molecule has 0 bridgehead atoms. The molecule has 0 aliphatic heterocycles. The molecule has 0 aliphatic carbocycles. The van der Waals surface area contributed by atoms with Crippen LogP contribution in [0.25, 0.3) is 0 Å². The zero-order valence-electron chi connectivity index (χ0n) is 10.8. The fourth-order valence-electron chi connectivity index (χ4n) is 2.03. The van der Waals surface area contributed by atoms with E-state index in [1.807, 2.05) is 0 Å². The van der Waals surface area contributed by atoms with Gasteiger partial charge >= 0.3 is 5.97 Å². The van der Waals surface area contributed by atoms with Gasteiger partial charge < -0.3 is 15.8 Å². The number of hydrogen-bond acceptors (Lipinski definition) is 3. The van der Waals surface area contributed by atoms with Gasteiger partial charge in [-0.15, -0.1) is 0 Å². The lowest BCUT2D eigenvalue weighted by Crippen LogP contribution is -2.26. The maximum absolute atomic E-state index is 11.5. The molecule has 0 aliphatic rings. The van der Waals surface area contributed by atoms with Crippen LogP contribution in [0.3, 0.4) is 0 Å². The summed E-state index contributed by atoms with van der Waals surface area (Å²) in [5, 5.41) is 17.0. The molecule has 6 nitrogen and oxygen atoms in total. The number of primary amides is 1. The minimum Gasteiger partial charge on any atom is -0.478 e. The van der Waals surface area contributed by atoms with Gasteiger partial charge in [-0.05, 0) is 29.7 Å². The van der Waals surface area contributed by atoms with Gasteiger partial charge in [0.2, 0.25) is 0 Å². The van der Waals surface area contributed by atoms with Crippen LogP contribution >= 0.6 is 11.6 Å². The van der Waals surface area contributed by atoms with E-state index >= 15 is 0 Å². The molecule has 0 radical (unpaired) electrons. The smallest absolute Gasteiger partial charge is 0.335 e. The van der Waals surface area contributed by atoms with Crippen molar-refractivity contribution in [1.82, 2.24) is 4.98 Å². The zero-order valence-corrected chi connectivity index (χ0v) is 11.6. The number of halogens is 1. The van der Waals surface area contributed by atoms with Crippen LogP contribution in [0, 0.1) is 5.41 Å². The van der Waals surface area contributed by atoms with Crippen molar-refractivity contribution in [3.8, 4) is 0 Å². The molecule has 0 saturated carbocycles. The monoisotopic (exact) mass is 305 g/mol. The first-order chi connectivity index (χ1) is 9.90. The van der Waals surface area contributed by atoms with E-state index in [-0.39, 0.29) is 28.1 Å². The molecular formula is C14H12ClN3O3. The average Bonchev–Trinajstić information content (AvgIpc) is 2.43. The van der Waals surface area contributed by atoms with Crippen LogP contribution in [0.4, 0.5) is 0 Å². The van der Waals surface area contributed by atoms with Crippen LogP contribution in [-0.2, 0) is 6.42 Å². The van der Waals surface area contributed by atoms with Crippen molar-refractivity contribution >= 4 is 23.5 Å². The van der Waals surface area contributed by atoms with E-state index in [1.165, 1.54) is 18.3 Å². The van der Waals surface area contributed by atoms with Crippen molar-refractivity contribution in [1.29, 1.82) is 5.41 Å². The number of rotatable bonds is 4. The summed E-state index contributed by atoms with van der Waals surface area (Å²) in [7, 11) is 0. The molecule has 2 rings (SSSR count). The van der Waals surface area contributed by atoms with Gasteiger partial charge in [0.25, 0.3) is 5.91 Å². The van der Waals surface area contributed by atoms with Gasteiger partial charge in [0.05, 0.1) is 16.1 Å². The van der Waals surface area contributed by atoms with Gasteiger partial charge in [-0.1, -0.05) is 23.7 Å². The molecule has 0 fully saturated rings. The van der Waals surface area contributed by atoms with Crippen LogP contribution < -0.4 is 11.2 Å². The second-order valence-electron chi connectivity index (χ2n) is 4.41. The van der Waals surface area contributed by atoms with Crippen LogP contribution in [0.1, 0.15) is 31.8 Å². The number of carboxylic acid groups (broad SMARTS) is 1. The Kier molecular flexibility index (Phi) is 4.09. The van der Waals surface area contributed by atoms with Crippen molar-refractivity contribution in [2.45, 2.75) is 6.42 Å². The van der Waals surface area contributed by atoms with Crippen molar-refractivity contribution in [2.24, 2.45) is 5.73 Å². The third kappa shape index (κ3) is 3.11. The Morgan fingerprint density at radius 3 is 2.71 bits per heavy atom. The summed E-state index contributed by atoms with van der Waals surface area (Å²) >= 11 is 6.06. The van der Waals surface area contributed by atoms with Crippen LogP contribution in [-0.4, -0.2) is 22.0 Å². The number of aromatic amines is 1. The molecule has 1 aromatic heterocycles. The Morgan fingerprint density at radius 2 is 2.10 bits per heavy atom. The summed E-state index contributed by atoms with van der Waals surface area (Å²) in [5.41, 5.74) is 6.35. The molecule has 0 saturated heterocycles. The normalized spacial score (nSPS) is 10.3. The predicted molar refractivity (Wildman–Crippen MR) is 76.4 cm³/mol. The SMILES string of the molecule is N=c1[nH]cc(Cl)c(Cc2cccc(C(=O)O)c2)c1C(N)=O. The molecule has 1 heterocycles.